The van der Waals surface area contributed by atoms with Crippen molar-refractivity contribution in [3.63, 3.8) is 0 Å². The fourth-order valence-electron chi connectivity index (χ4n) is 7.41. The standard InChI is InChI=1S/C49H31N3O/c1-4-14-32(15-5-1)35-20-12-21-37(30-35)48-50-47(34-18-8-3-9-19-34)51-49(52-48)42-24-13-25-45-46(42)43-31-36(26-29-44(43)53-45)39-28-27-38(33-16-6-2-7-17-33)40-22-10-11-23-41(39)40/h1-31H. The third kappa shape index (κ3) is 5.54. The second-order valence-electron chi connectivity index (χ2n) is 13.2. The molecule has 4 heteroatoms. The smallest absolute Gasteiger partial charge is 0.164 e. The largest absolute Gasteiger partial charge is 0.456 e. The number of hydrogen-bond acceptors (Lipinski definition) is 4. The van der Waals surface area contributed by atoms with E-state index in [0.717, 1.165) is 55.3 Å². The molecule has 0 radical (unpaired) electrons. The van der Waals surface area contributed by atoms with Crippen LogP contribution in [0.4, 0.5) is 0 Å². The molecule has 4 nitrogen and oxygen atoms in total. The van der Waals surface area contributed by atoms with Crippen LogP contribution >= 0.6 is 0 Å². The zero-order chi connectivity index (χ0) is 35.1. The summed E-state index contributed by atoms with van der Waals surface area (Å²) in [4.78, 5) is 15.3. The van der Waals surface area contributed by atoms with Gasteiger partial charge in [-0.2, -0.15) is 0 Å². The lowest BCUT2D eigenvalue weighted by atomic mass is 9.91. The molecule has 10 rings (SSSR count). The highest BCUT2D eigenvalue weighted by atomic mass is 16.3. The lowest BCUT2D eigenvalue weighted by molar-refractivity contribution is 0.669. The number of fused-ring (bicyclic) bond motifs is 4. The number of benzene rings is 8. The monoisotopic (exact) mass is 677 g/mol. The number of hydrogen-bond donors (Lipinski definition) is 0. The molecule has 0 N–H and O–H groups in total. The molecule has 0 aliphatic carbocycles. The molecule has 2 aromatic heterocycles. The quantitative estimate of drug-likeness (QED) is 0.176. The van der Waals surface area contributed by atoms with Crippen molar-refractivity contribution in [2.24, 2.45) is 0 Å². The topological polar surface area (TPSA) is 51.8 Å². The Bertz CT molecular complexity index is 2940. The van der Waals surface area contributed by atoms with Gasteiger partial charge in [0.05, 0.1) is 0 Å². The summed E-state index contributed by atoms with van der Waals surface area (Å²) in [5.41, 5.74) is 11.3. The predicted molar refractivity (Wildman–Crippen MR) is 217 cm³/mol. The maximum absolute atomic E-state index is 6.49. The Morgan fingerprint density at radius 3 is 1.55 bits per heavy atom. The number of rotatable bonds is 6. The Morgan fingerprint density at radius 2 is 0.830 bits per heavy atom. The third-order valence-electron chi connectivity index (χ3n) is 9.95. The molecule has 10 aromatic rings. The Labute approximate surface area is 306 Å². The molecule has 0 bridgehead atoms. The first kappa shape index (κ1) is 30.6. The SMILES string of the molecule is c1ccc(-c2cccc(-c3nc(-c4ccccc4)nc(-c4cccc5oc6ccc(-c7ccc(-c8ccccc8)c8ccccc78)cc6c45)n3)c2)cc1. The Hall–Kier alpha value is -7.17. The Morgan fingerprint density at radius 1 is 0.283 bits per heavy atom. The minimum atomic E-state index is 0.593. The van der Waals surface area contributed by atoms with Crippen molar-refractivity contribution < 1.29 is 4.42 Å². The van der Waals surface area contributed by atoms with Gasteiger partial charge in [0, 0.05) is 27.5 Å². The van der Waals surface area contributed by atoms with Gasteiger partial charge >= 0.3 is 0 Å². The molecule has 2 heterocycles. The van der Waals surface area contributed by atoms with Gasteiger partial charge in [0.15, 0.2) is 17.5 Å². The van der Waals surface area contributed by atoms with E-state index in [0.29, 0.717) is 17.5 Å². The van der Waals surface area contributed by atoms with Gasteiger partial charge in [-0.25, -0.2) is 15.0 Å². The minimum absolute atomic E-state index is 0.593. The molecule has 0 atom stereocenters. The van der Waals surface area contributed by atoms with E-state index < -0.39 is 0 Å². The predicted octanol–water partition coefficient (Wildman–Crippen LogP) is 12.9. The summed E-state index contributed by atoms with van der Waals surface area (Å²) in [6.45, 7) is 0. The third-order valence-corrected chi connectivity index (χ3v) is 9.95. The van der Waals surface area contributed by atoms with Crippen LogP contribution in [0.25, 0.3) is 100 Å². The summed E-state index contributed by atoms with van der Waals surface area (Å²) >= 11 is 0. The van der Waals surface area contributed by atoms with Crippen LogP contribution in [0.2, 0.25) is 0 Å². The number of furan rings is 1. The summed E-state index contributed by atoms with van der Waals surface area (Å²) in [7, 11) is 0. The van der Waals surface area contributed by atoms with Crippen molar-refractivity contribution in [3.8, 4) is 67.5 Å². The number of nitrogens with zero attached hydrogens (tertiary/aromatic N) is 3. The molecule has 0 spiro atoms. The fourth-order valence-corrected chi connectivity index (χ4v) is 7.41. The van der Waals surface area contributed by atoms with E-state index in [1.807, 2.05) is 48.5 Å². The van der Waals surface area contributed by atoms with Gasteiger partial charge in [0.25, 0.3) is 0 Å². The summed E-state index contributed by atoms with van der Waals surface area (Å²) in [6, 6.07) is 65.2. The van der Waals surface area contributed by atoms with Crippen molar-refractivity contribution in [1.29, 1.82) is 0 Å². The molecule has 0 fully saturated rings. The van der Waals surface area contributed by atoms with Crippen molar-refractivity contribution in [1.82, 2.24) is 15.0 Å². The molecule has 0 amide bonds. The Kier molecular flexibility index (Phi) is 7.43. The molecular formula is C49H31N3O. The highest BCUT2D eigenvalue weighted by Gasteiger charge is 2.19. The van der Waals surface area contributed by atoms with E-state index in [2.05, 4.69) is 140 Å². The number of aromatic nitrogens is 3. The minimum Gasteiger partial charge on any atom is -0.456 e. The molecule has 0 aliphatic heterocycles. The second kappa shape index (κ2) is 12.9. The van der Waals surface area contributed by atoms with Gasteiger partial charge < -0.3 is 4.42 Å². The maximum atomic E-state index is 6.49. The lowest BCUT2D eigenvalue weighted by Crippen LogP contribution is -2.00. The van der Waals surface area contributed by atoms with E-state index in [1.54, 1.807) is 0 Å². The van der Waals surface area contributed by atoms with Crippen LogP contribution in [-0.4, -0.2) is 15.0 Å². The van der Waals surface area contributed by atoms with E-state index in [9.17, 15) is 0 Å². The zero-order valence-corrected chi connectivity index (χ0v) is 28.6. The average Bonchev–Trinajstić information content (AvgIpc) is 3.62. The summed E-state index contributed by atoms with van der Waals surface area (Å²) in [6.07, 6.45) is 0. The van der Waals surface area contributed by atoms with Crippen LogP contribution in [0.15, 0.2) is 192 Å². The highest BCUT2D eigenvalue weighted by molar-refractivity contribution is 6.14. The Balaban J connectivity index is 1.16. The van der Waals surface area contributed by atoms with Crippen LogP contribution in [-0.2, 0) is 0 Å². The van der Waals surface area contributed by atoms with Crippen LogP contribution in [0.5, 0.6) is 0 Å². The average molecular weight is 678 g/mol. The van der Waals surface area contributed by atoms with Gasteiger partial charge in [0.2, 0.25) is 0 Å². The van der Waals surface area contributed by atoms with E-state index in [1.165, 1.54) is 27.5 Å². The van der Waals surface area contributed by atoms with Gasteiger partial charge in [-0.1, -0.05) is 164 Å². The first-order valence-corrected chi connectivity index (χ1v) is 17.8. The van der Waals surface area contributed by atoms with Crippen molar-refractivity contribution in [2.75, 3.05) is 0 Å². The molecule has 0 saturated heterocycles. The second-order valence-corrected chi connectivity index (χ2v) is 13.2. The summed E-state index contributed by atoms with van der Waals surface area (Å²) in [5, 5.41) is 4.41. The fraction of sp³-hybridized carbons (Fsp3) is 0. The molecule has 8 aromatic carbocycles. The molecule has 248 valence electrons. The molecule has 53 heavy (non-hydrogen) atoms. The molecule has 0 aliphatic rings. The molecule has 0 unspecified atom stereocenters. The molecular weight excluding hydrogens is 647 g/mol. The van der Waals surface area contributed by atoms with E-state index >= 15 is 0 Å². The normalized spacial score (nSPS) is 11.4. The van der Waals surface area contributed by atoms with E-state index in [4.69, 9.17) is 19.4 Å². The van der Waals surface area contributed by atoms with E-state index in [-0.39, 0.29) is 0 Å². The maximum Gasteiger partial charge on any atom is 0.164 e. The van der Waals surface area contributed by atoms with Crippen molar-refractivity contribution in [2.45, 2.75) is 0 Å². The highest BCUT2D eigenvalue weighted by Crippen LogP contribution is 2.41. The van der Waals surface area contributed by atoms with Crippen LogP contribution in [0.1, 0.15) is 0 Å². The summed E-state index contributed by atoms with van der Waals surface area (Å²) < 4.78 is 6.49. The van der Waals surface area contributed by atoms with Crippen molar-refractivity contribution >= 4 is 32.7 Å². The van der Waals surface area contributed by atoms with Gasteiger partial charge in [0.1, 0.15) is 11.2 Å². The van der Waals surface area contributed by atoms with Gasteiger partial charge in [-0.15, -0.1) is 0 Å². The first-order valence-electron chi connectivity index (χ1n) is 17.8. The van der Waals surface area contributed by atoms with Crippen LogP contribution in [0, 0.1) is 0 Å². The van der Waals surface area contributed by atoms with Gasteiger partial charge in [-0.3, -0.25) is 0 Å². The van der Waals surface area contributed by atoms with Gasteiger partial charge in [-0.05, 0) is 68.4 Å². The van der Waals surface area contributed by atoms with Crippen LogP contribution < -0.4 is 0 Å². The first-order chi connectivity index (χ1) is 26.3. The van der Waals surface area contributed by atoms with Crippen LogP contribution in [0.3, 0.4) is 0 Å². The molecule has 0 saturated carbocycles. The van der Waals surface area contributed by atoms with Crippen molar-refractivity contribution in [3.05, 3.63) is 188 Å². The lowest BCUT2D eigenvalue weighted by Gasteiger charge is -2.12. The zero-order valence-electron chi connectivity index (χ0n) is 28.6. The summed E-state index contributed by atoms with van der Waals surface area (Å²) in [5.74, 6) is 1.82.